The number of hydrogen-bond acceptors (Lipinski definition) is 5. The third-order valence-corrected chi connectivity index (χ3v) is 4.38. The lowest BCUT2D eigenvalue weighted by atomic mass is 10.3. The Morgan fingerprint density at radius 3 is 2.67 bits per heavy atom. The Labute approximate surface area is 124 Å². The van der Waals surface area contributed by atoms with Crippen molar-refractivity contribution >= 4 is 17.1 Å². The van der Waals surface area contributed by atoms with Gasteiger partial charge in [-0.3, -0.25) is 9.00 Å². The molecule has 2 heterocycles. The Morgan fingerprint density at radius 1 is 1.10 bits per heavy atom. The topological polar surface area (TPSA) is 65.7 Å². The number of furan rings is 1. The number of rotatable bonds is 4. The summed E-state index contributed by atoms with van der Waals surface area (Å²) < 4.78 is 28.7. The van der Waals surface area contributed by atoms with Crippen molar-refractivity contribution in [1.29, 1.82) is 0 Å². The predicted molar refractivity (Wildman–Crippen MR) is 76.3 cm³/mol. The zero-order chi connectivity index (χ0) is 14.7. The maximum Gasteiger partial charge on any atom is 0.185 e. The zero-order valence-corrected chi connectivity index (χ0v) is 12.1. The summed E-state index contributed by atoms with van der Waals surface area (Å²) in [5.74, 6) is 2.26. The number of aldehydes is 1. The number of carbonyl (C=O) groups excluding carboxylic acids is 1. The zero-order valence-electron chi connectivity index (χ0n) is 11.2. The molecule has 5 nitrogen and oxygen atoms in total. The molecule has 0 N–H and O–H groups in total. The van der Waals surface area contributed by atoms with E-state index in [9.17, 15) is 9.00 Å². The van der Waals surface area contributed by atoms with E-state index < -0.39 is 10.8 Å². The lowest BCUT2D eigenvalue weighted by Gasteiger charge is -2.08. The molecule has 21 heavy (non-hydrogen) atoms. The van der Waals surface area contributed by atoms with Crippen molar-refractivity contribution < 1.29 is 22.9 Å². The summed E-state index contributed by atoms with van der Waals surface area (Å²) in [6, 6.07) is 8.48. The monoisotopic (exact) mass is 306 g/mol. The van der Waals surface area contributed by atoms with Gasteiger partial charge in [-0.15, -0.1) is 0 Å². The first-order valence-electron chi connectivity index (χ1n) is 6.58. The van der Waals surface area contributed by atoms with Crippen molar-refractivity contribution in [2.45, 2.75) is 17.1 Å². The molecule has 1 atom stereocenters. The van der Waals surface area contributed by atoms with Crippen molar-refractivity contribution in [3.05, 3.63) is 41.9 Å². The van der Waals surface area contributed by atoms with Crippen LogP contribution in [0.3, 0.4) is 0 Å². The van der Waals surface area contributed by atoms with Crippen LogP contribution in [-0.4, -0.2) is 23.7 Å². The van der Waals surface area contributed by atoms with E-state index in [1.54, 1.807) is 30.3 Å². The van der Waals surface area contributed by atoms with Crippen molar-refractivity contribution in [1.82, 2.24) is 0 Å². The number of ether oxygens (including phenoxy) is 2. The molecular weight excluding hydrogens is 292 g/mol. The molecule has 0 radical (unpaired) electrons. The molecule has 0 saturated heterocycles. The number of carbonyl (C=O) groups is 1. The third kappa shape index (κ3) is 3.16. The Kier molecular flexibility index (Phi) is 4.06. The Bertz CT molecular complexity index is 676. The summed E-state index contributed by atoms with van der Waals surface area (Å²) in [4.78, 5) is 11.2. The molecule has 1 aromatic carbocycles. The quantitative estimate of drug-likeness (QED) is 0.812. The summed E-state index contributed by atoms with van der Waals surface area (Å²) in [6.07, 6.45) is 1.45. The van der Waals surface area contributed by atoms with Crippen LogP contribution in [-0.2, 0) is 16.6 Å². The maximum absolute atomic E-state index is 12.3. The summed E-state index contributed by atoms with van der Waals surface area (Å²) in [5.41, 5.74) is 0. The average molecular weight is 306 g/mol. The summed E-state index contributed by atoms with van der Waals surface area (Å²) in [6.45, 7) is 1.21. The molecule has 110 valence electrons. The van der Waals surface area contributed by atoms with Gasteiger partial charge in [-0.05, 0) is 24.3 Å². The van der Waals surface area contributed by atoms with E-state index in [1.807, 2.05) is 0 Å². The first kappa shape index (κ1) is 13.9. The van der Waals surface area contributed by atoms with Crippen LogP contribution in [0.1, 0.15) is 22.7 Å². The number of fused-ring (bicyclic) bond motifs is 1. The van der Waals surface area contributed by atoms with E-state index in [0.29, 0.717) is 41.7 Å². The molecule has 1 unspecified atom stereocenters. The predicted octanol–water partition coefficient (Wildman–Crippen LogP) is 2.56. The molecule has 0 amide bonds. The highest BCUT2D eigenvalue weighted by Crippen LogP contribution is 2.32. The largest absolute Gasteiger partial charge is 0.490 e. The summed E-state index contributed by atoms with van der Waals surface area (Å²) in [5, 5.41) is 0. The molecule has 6 heteroatoms. The van der Waals surface area contributed by atoms with Gasteiger partial charge in [0.1, 0.15) is 5.76 Å². The van der Waals surface area contributed by atoms with Crippen LogP contribution in [0.4, 0.5) is 0 Å². The van der Waals surface area contributed by atoms with Crippen molar-refractivity contribution in [2.75, 3.05) is 13.2 Å². The maximum atomic E-state index is 12.3. The van der Waals surface area contributed by atoms with Crippen molar-refractivity contribution in [3.63, 3.8) is 0 Å². The highest BCUT2D eigenvalue weighted by Gasteiger charge is 2.14. The van der Waals surface area contributed by atoms with E-state index in [0.717, 1.165) is 6.42 Å². The average Bonchev–Trinajstić information content (AvgIpc) is 2.82. The van der Waals surface area contributed by atoms with Crippen LogP contribution in [0, 0.1) is 0 Å². The minimum atomic E-state index is -1.27. The SMILES string of the molecule is O=Cc1ccc(CS(=O)c2ccc3c(c2)OCCCO3)o1. The van der Waals surface area contributed by atoms with Gasteiger partial charge >= 0.3 is 0 Å². The first-order valence-corrected chi connectivity index (χ1v) is 7.90. The normalized spacial score (nSPS) is 15.2. The van der Waals surface area contributed by atoms with Crippen LogP contribution in [0.5, 0.6) is 11.5 Å². The fourth-order valence-corrected chi connectivity index (χ4v) is 3.07. The lowest BCUT2D eigenvalue weighted by molar-refractivity contribution is 0.109. The molecule has 0 bridgehead atoms. The van der Waals surface area contributed by atoms with Gasteiger partial charge in [0, 0.05) is 17.4 Å². The molecule has 0 spiro atoms. The molecule has 3 rings (SSSR count). The van der Waals surface area contributed by atoms with Gasteiger partial charge in [-0.1, -0.05) is 0 Å². The van der Waals surface area contributed by atoms with Gasteiger partial charge in [-0.2, -0.15) is 0 Å². The third-order valence-electron chi connectivity index (χ3n) is 3.05. The van der Waals surface area contributed by atoms with Crippen LogP contribution in [0.15, 0.2) is 39.6 Å². The first-order chi connectivity index (χ1) is 10.3. The standard InChI is InChI=1S/C15H14O5S/c16-9-11-2-3-12(20-11)10-21(17)13-4-5-14-15(8-13)19-7-1-6-18-14/h2-5,8-9H,1,6-7,10H2. The highest BCUT2D eigenvalue weighted by molar-refractivity contribution is 7.84. The second-order valence-electron chi connectivity index (χ2n) is 4.57. The Balaban J connectivity index is 1.78. The van der Waals surface area contributed by atoms with E-state index in [2.05, 4.69) is 0 Å². The van der Waals surface area contributed by atoms with Gasteiger partial charge in [0.25, 0.3) is 0 Å². The number of hydrogen-bond donors (Lipinski definition) is 0. The minimum absolute atomic E-state index is 0.216. The second kappa shape index (κ2) is 6.13. The van der Waals surface area contributed by atoms with E-state index in [1.165, 1.54) is 0 Å². The second-order valence-corrected chi connectivity index (χ2v) is 6.02. The smallest absolute Gasteiger partial charge is 0.185 e. The molecule has 0 fully saturated rings. The van der Waals surface area contributed by atoms with Crippen molar-refractivity contribution in [2.24, 2.45) is 0 Å². The number of benzene rings is 1. The van der Waals surface area contributed by atoms with E-state index in [-0.39, 0.29) is 11.5 Å². The lowest BCUT2D eigenvalue weighted by Crippen LogP contribution is -1.98. The van der Waals surface area contributed by atoms with Gasteiger partial charge in [0.15, 0.2) is 23.5 Å². The van der Waals surface area contributed by atoms with Gasteiger partial charge < -0.3 is 13.9 Å². The fraction of sp³-hybridized carbons (Fsp3) is 0.267. The summed E-state index contributed by atoms with van der Waals surface area (Å²) >= 11 is 0. The summed E-state index contributed by atoms with van der Waals surface area (Å²) in [7, 11) is -1.27. The van der Waals surface area contributed by atoms with Gasteiger partial charge in [0.05, 0.1) is 29.8 Å². The molecular formula is C15H14O5S. The van der Waals surface area contributed by atoms with Crippen LogP contribution in [0.2, 0.25) is 0 Å². The van der Waals surface area contributed by atoms with Crippen molar-refractivity contribution in [3.8, 4) is 11.5 Å². The van der Waals surface area contributed by atoms with Crippen LogP contribution >= 0.6 is 0 Å². The fourth-order valence-electron chi connectivity index (χ4n) is 2.03. The molecule has 0 aliphatic carbocycles. The Morgan fingerprint density at radius 2 is 1.90 bits per heavy atom. The Hall–Kier alpha value is -2.08. The van der Waals surface area contributed by atoms with Crippen LogP contribution in [0.25, 0.3) is 0 Å². The molecule has 0 saturated carbocycles. The van der Waals surface area contributed by atoms with E-state index >= 15 is 0 Å². The van der Waals surface area contributed by atoms with Crippen LogP contribution < -0.4 is 9.47 Å². The van der Waals surface area contributed by atoms with E-state index in [4.69, 9.17) is 13.9 Å². The molecule has 1 aliphatic rings. The molecule has 2 aromatic rings. The minimum Gasteiger partial charge on any atom is -0.490 e. The molecule has 1 aromatic heterocycles. The van der Waals surface area contributed by atoms with Gasteiger partial charge in [0.2, 0.25) is 0 Å². The molecule has 1 aliphatic heterocycles. The van der Waals surface area contributed by atoms with Gasteiger partial charge in [-0.25, -0.2) is 0 Å². The highest BCUT2D eigenvalue weighted by atomic mass is 32.2.